The lowest BCUT2D eigenvalue weighted by Crippen LogP contribution is -2.33. The van der Waals surface area contributed by atoms with Crippen LogP contribution in [-0.2, 0) is 0 Å². The predicted octanol–water partition coefficient (Wildman–Crippen LogP) is 4.02. The van der Waals surface area contributed by atoms with Gasteiger partial charge in [-0.2, -0.15) is 0 Å². The lowest BCUT2D eigenvalue weighted by atomic mass is 9.86. The van der Waals surface area contributed by atoms with Crippen LogP contribution in [0.15, 0.2) is 0 Å². The third-order valence-corrected chi connectivity index (χ3v) is 8.21. The van der Waals surface area contributed by atoms with Gasteiger partial charge in [0, 0.05) is 10.4 Å². The van der Waals surface area contributed by atoms with E-state index in [1.54, 1.807) is 0 Å². The molecule has 1 atom stereocenters. The average molecular weight is 246 g/mol. The second-order valence-electron chi connectivity index (χ2n) is 3.71. The van der Waals surface area contributed by atoms with E-state index < -0.39 is 7.42 Å². The van der Waals surface area contributed by atoms with Crippen LogP contribution >= 0.6 is 33.8 Å². The molecule has 0 bridgehead atoms. The van der Waals surface area contributed by atoms with Crippen molar-refractivity contribution in [2.24, 2.45) is 0 Å². The largest absolute Gasteiger partial charge is 0.244 e. The van der Waals surface area contributed by atoms with Crippen molar-refractivity contribution < 1.29 is 0 Å². The van der Waals surface area contributed by atoms with Gasteiger partial charge in [0.15, 0.2) is 0 Å². The summed E-state index contributed by atoms with van der Waals surface area (Å²) in [6.07, 6.45) is 6.10. The molecule has 0 radical (unpaired) electrons. The second-order valence-corrected chi connectivity index (χ2v) is 9.41. The molecule has 0 N–H and O–H groups in total. The third-order valence-electron chi connectivity index (χ3n) is 3.01. The summed E-state index contributed by atoms with van der Waals surface area (Å²) in [7, 11) is -1.63. The normalized spacial score (nSPS) is 25.8. The smallest absolute Gasteiger partial charge is 0.150 e. The Labute approximate surface area is 90.6 Å². The Kier molecular flexibility index (Phi) is 4.22. The van der Waals surface area contributed by atoms with E-state index in [2.05, 4.69) is 0 Å². The summed E-state index contributed by atoms with van der Waals surface area (Å²) in [6, 6.07) is 0. The molecule has 72 valence electrons. The van der Waals surface area contributed by atoms with Gasteiger partial charge in [0.05, 0.1) is 0 Å². The van der Waals surface area contributed by atoms with E-state index in [0.717, 1.165) is 12.8 Å². The van der Waals surface area contributed by atoms with E-state index in [1.807, 2.05) is 6.92 Å². The maximum Gasteiger partial charge on any atom is 0.244 e. The van der Waals surface area contributed by atoms with Gasteiger partial charge < -0.3 is 0 Å². The van der Waals surface area contributed by atoms with Crippen molar-refractivity contribution in [1.82, 2.24) is 0 Å². The van der Waals surface area contributed by atoms with Crippen molar-refractivity contribution in [2.75, 3.05) is 0 Å². The highest BCUT2D eigenvalue weighted by Gasteiger charge is 2.43. The molecule has 0 aromatic rings. The van der Waals surface area contributed by atoms with E-state index in [9.17, 15) is 0 Å². The first-order valence-electron chi connectivity index (χ1n) is 4.52. The number of hydrogen-bond donors (Lipinski definition) is 0. The number of halogens is 3. The van der Waals surface area contributed by atoms with Gasteiger partial charge in [0.1, 0.15) is 0 Å². The molecule has 0 aromatic heterocycles. The molecular weight excluding hydrogens is 231 g/mol. The molecule has 1 saturated carbocycles. The van der Waals surface area contributed by atoms with Gasteiger partial charge in [0.2, 0.25) is 7.42 Å². The number of rotatable bonds is 2. The summed E-state index contributed by atoms with van der Waals surface area (Å²) in [5.41, 5.74) is 0. The fourth-order valence-electron chi connectivity index (χ4n) is 2.00. The molecule has 0 aromatic carbocycles. The molecule has 0 spiro atoms. The van der Waals surface area contributed by atoms with Gasteiger partial charge in [-0.25, -0.2) is 0 Å². The Balaban J connectivity index is 2.70. The summed E-state index contributed by atoms with van der Waals surface area (Å²) in [5.74, 6) is 0. The number of alkyl halides is 1. The summed E-state index contributed by atoms with van der Waals surface area (Å²) < 4.78 is 0. The minimum Gasteiger partial charge on any atom is -0.150 e. The zero-order valence-corrected chi connectivity index (χ0v) is 10.7. The molecule has 1 fully saturated rings. The van der Waals surface area contributed by atoms with Crippen LogP contribution in [0.1, 0.15) is 39.0 Å². The summed E-state index contributed by atoms with van der Waals surface area (Å²) >= 11 is 18.4. The Bertz CT molecular complexity index is 131. The molecule has 0 aliphatic heterocycles. The van der Waals surface area contributed by atoms with E-state index in [-0.39, 0.29) is 10.4 Å². The van der Waals surface area contributed by atoms with Gasteiger partial charge >= 0.3 is 0 Å². The fourth-order valence-corrected chi connectivity index (χ4v) is 6.62. The van der Waals surface area contributed by atoms with Crippen LogP contribution in [0.25, 0.3) is 0 Å². The van der Waals surface area contributed by atoms with Gasteiger partial charge in [0.25, 0.3) is 0 Å². The molecule has 4 heteroatoms. The van der Waals surface area contributed by atoms with Crippen molar-refractivity contribution in [3.63, 3.8) is 0 Å². The highest BCUT2D eigenvalue weighted by molar-refractivity contribution is 7.35. The first-order valence-corrected chi connectivity index (χ1v) is 9.02. The Morgan fingerprint density at radius 1 is 1.17 bits per heavy atom. The molecule has 0 nitrogen and oxygen atoms in total. The van der Waals surface area contributed by atoms with E-state index in [0.29, 0.717) is 0 Å². The minimum absolute atomic E-state index is 0.114. The van der Waals surface area contributed by atoms with Crippen molar-refractivity contribution in [2.45, 2.75) is 49.4 Å². The zero-order valence-electron chi connectivity index (χ0n) is 7.32. The molecule has 0 amide bonds. The van der Waals surface area contributed by atoms with E-state index in [4.69, 9.17) is 33.8 Å². The number of hydrogen-bond acceptors (Lipinski definition) is 0. The highest BCUT2D eigenvalue weighted by Crippen LogP contribution is 2.52. The standard InChI is InChI=1S/C8H15Cl3Si/c1-7(9)8(12(10)11)5-3-2-4-6-8/h7,12H,2-6H2,1H3. The molecule has 1 unspecified atom stereocenters. The molecule has 0 heterocycles. The molecule has 12 heavy (non-hydrogen) atoms. The second kappa shape index (κ2) is 4.54. The molecule has 0 saturated heterocycles. The van der Waals surface area contributed by atoms with E-state index in [1.165, 1.54) is 19.3 Å². The minimum atomic E-state index is -1.63. The van der Waals surface area contributed by atoms with Crippen molar-refractivity contribution in [1.29, 1.82) is 0 Å². The van der Waals surface area contributed by atoms with Crippen LogP contribution in [0, 0.1) is 0 Å². The van der Waals surface area contributed by atoms with E-state index >= 15 is 0 Å². The van der Waals surface area contributed by atoms with Gasteiger partial charge in [-0.15, -0.1) is 33.8 Å². The lowest BCUT2D eigenvalue weighted by Gasteiger charge is -2.39. The molecular formula is C8H15Cl3Si. The maximum atomic E-state index is 6.17. The zero-order chi connectivity index (χ0) is 9.19. The Morgan fingerprint density at radius 3 is 1.92 bits per heavy atom. The molecule has 1 rings (SSSR count). The van der Waals surface area contributed by atoms with Gasteiger partial charge in [-0.3, -0.25) is 0 Å². The first kappa shape index (κ1) is 11.2. The first-order chi connectivity index (χ1) is 5.59. The highest BCUT2D eigenvalue weighted by atomic mass is 35.7. The van der Waals surface area contributed by atoms with Crippen LogP contribution in [0.5, 0.6) is 0 Å². The quantitative estimate of drug-likeness (QED) is 0.392. The fraction of sp³-hybridized carbons (Fsp3) is 1.00. The van der Waals surface area contributed by atoms with Crippen LogP contribution in [-0.4, -0.2) is 12.8 Å². The van der Waals surface area contributed by atoms with Crippen molar-refractivity contribution >= 4 is 41.2 Å². The van der Waals surface area contributed by atoms with Crippen molar-refractivity contribution in [3.8, 4) is 0 Å². The third kappa shape index (κ3) is 2.12. The SMILES string of the molecule is CC(Cl)C1([SiH](Cl)Cl)CCCCC1. The lowest BCUT2D eigenvalue weighted by molar-refractivity contribution is 0.370. The van der Waals surface area contributed by atoms with Crippen molar-refractivity contribution in [3.05, 3.63) is 0 Å². The van der Waals surface area contributed by atoms with Crippen LogP contribution < -0.4 is 0 Å². The summed E-state index contributed by atoms with van der Waals surface area (Å²) in [4.78, 5) is 0. The molecule has 1 aliphatic rings. The Hall–Kier alpha value is 1.09. The predicted molar refractivity (Wildman–Crippen MR) is 59.9 cm³/mol. The van der Waals surface area contributed by atoms with Crippen LogP contribution in [0.2, 0.25) is 5.04 Å². The van der Waals surface area contributed by atoms with Crippen LogP contribution in [0.3, 0.4) is 0 Å². The topological polar surface area (TPSA) is 0 Å². The summed E-state index contributed by atoms with van der Waals surface area (Å²) in [5, 5.41) is 0.257. The molecule has 1 aliphatic carbocycles. The summed E-state index contributed by atoms with van der Waals surface area (Å²) in [6.45, 7) is 2.04. The average Bonchev–Trinajstić information content (AvgIpc) is 2.05. The maximum absolute atomic E-state index is 6.17. The van der Waals surface area contributed by atoms with Gasteiger partial charge in [-0.05, 0) is 19.8 Å². The Morgan fingerprint density at radius 2 is 1.67 bits per heavy atom. The van der Waals surface area contributed by atoms with Crippen LogP contribution in [0.4, 0.5) is 0 Å². The monoisotopic (exact) mass is 244 g/mol. The van der Waals surface area contributed by atoms with Gasteiger partial charge in [-0.1, -0.05) is 19.3 Å².